The predicted octanol–water partition coefficient (Wildman–Crippen LogP) is 10.3. The third-order valence-corrected chi connectivity index (χ3v) is 11.0. The van der Waals surface area contributed by atoms with Crippen molar-refractivity contribution in [2.24, 2.45) is 0 Å². The molecule has 0 fully saturated rings. The summed E-state index contributed by atoms with van der Waals surface area (Å²) in [4.78, 5) is 10.9. The van der Waals surface area contributed by atoms with Gasteiger partial charge in [-0.25, -0.2) is 9.67 Å². The minimum absolute atomic E-state index is 0.676. The van der Waals surface area contributed by atoms with Crippen LogP contribution in [0.5, 0.6) is 0 Å². The van der Waals surface area contributed by atoms with Crippen molar-refractivity contribution in [2.75, 3.05) is 0 Å². The third kappa shape index (κ3) is 5.90. The van der Waals surface area contributed by atoms with Gasteiger partial charge < -0.3 is 4.57 Å². The summed E-state index contributed by atoms with van der Waals surface area (Å²) in [6.07, 6.45) is 3.83. The summed E-state index contributed by atoms with van der Waals surface area (Å²) in [5.41, 5.74) is 9.63. The molecule has 5 aromatic carbocycles. The lowest BCUT2D eigenvalue weighted by Crippen LogP contribution is -2.39. The van der Waals surface area contributed by atoms with Crippen LogP contribution < -0.4 is 0 Å². The van der Waals surface area contributed by atoms with Crippen LogP contribution >= 0.6 is 11.3 Å². The van der Waals surface area contributed by atoms with E-state index < -0.39 is 5.54 Å². The minimum Gasteiger partial charge on any atom is -0.323 e. The van der Waals surface area contributed by atoms with Crippen molar-refractivity contribution >= 4 is 22.4 Å². The molecule has 7 nitrogen and oxygen atoms in total. The maximum atomic E-state index is 5.00. The summed E-state index contributed by atoms with van der Waals surface area (Å²) in [6, 6.07) is 55.2. The number of thiophene rings is 1. The molecule has 9 aromatic rings. The zero-order chi connectivity index (χ0) is 36.3. The van der Waals surface area contributed by atoms with Crippen LogP contribution in [0.1, 0.15) is 41.4 Å². The monoisotopic (exact) mass is 719 g/mol. The van der Waals surface area contributed by atoms with Gasteiger partial charge in [0.05, 0.1) is 22.3 Å². The molecule has 0 N–H and O–H groups in total. The molecule has 9 rings (SSSR count). The van der Waals surface area contributed by atoms with Crippen molar-refractivity contribution in [1.82, 2.24) is 34.7 Å². The van der Waals surface area contributed by atoms with Gasteiger partial charge in [-0.05, 0) is 67.7 Å². The number of aromatic nitrogens is 7. The fourth-order valence-electron chi connectivity index (χ4n) is 7.62. The van der Waals surface area contributed by atoms with Gasteiger partial charge in [0.1, 0.15) is 16.9 Å². The van der Waals surface area contributed by atoms with E-state index in [1.165, 1.54) is 5.56 Å². The molecule has 54 heavy (non-hydrogen) atoms. The molecular weight excluding hydrogens is 683 g/mol. The molecule has 0 saturated heterocycles. The summed E-state index contributed by atoms with van der Waals surface area (Å²) in [5.74, 6) is 1.76. The number of tetrazole rings is 1. The second-order valence-corrected chi connectivity index (χ2v) is 14.3. The van der Waals surface area contributed by atoms with Gasteiger partial charge in [-0.3, -0.25) is 4.98 Å². The molecule has 0 aliphatic carbocycles. The molecule has 4 heterocycles. The van der Waals surface area contributed by atoms with Crippen molar-refractivity contribution in [3.63, 3.8) is 0 Å². The van der Waals surface area contributed by atoms with Gasteiger partial charge in [-0.15, -0.1) is 16.4 Å². The molecule has 8 heteroatoms. The number of benzene rings is 5. The minimum atomic E-state index is -0.845. The quantitative estimate of drug-likeness (QED) is 0.124. The summed E-state index contributed by atoms with van der Waals surface area (Å²) < 4.78 is 4.35. The first-order chi connectivity index (χ1) is 26.7. The molecule has 0 amide bonds. The second-order valence-electron chi connectivity index (χ2n) is 13.4. The van der Waals surface area contributed by atoms with E-state index in [-0.39, 0.29) is 0 Å². The summed E-state index contributed by atoms with van der Waals surface area (Å²) >= 11 is 1.70. The maximum Gasteiger partial charge on any atom is 0.184 e. The van der Waals surface area contributed by atoms with Gasteiger partial charge in [0, 0.05) is 18.5 Å². The standard InChI is InChI=1S/C46H37N7S/c1-2-15-44-48-41-31-47-40(43-24-14-29-54-43)30-42(41)52(44)32-33-25-27-34(28-26-33)38-22-12-13-23-39(38)45-49-50-51-53(45)46(35-16-6-3-7-17-35,36-18-8-4-9-19-36)37-20-10-5-11-21-37/h3-14,16-31H,2,15,32H2,1H3. The Morgan fingerprint density at radius 2 is 1.30 bits per heavy atom. The molecule has 0 spiro atoms. The SMILES string of the molecule is CCCc1nc2cnc(-c3cccs3)cc2n1Cc1ccc(-c2ccccc2-c2nnnn2C(c2ccccc2)(c2ccccc2)c2ccccc2)cc1. The fourth-order valence-corrected chi connectivity index (χ4v) is 8.31. The van der Waals surface area contributed by atoms with Crippen LogP contribution in [0.4, 0.5) is 0 Å². The lowest BCUT2D eigenvalue weighted by atomic mass is 9.77. The van der Waals surface area contributed by atoms with Crippen LogP contribution in [0.2, 0.25) is 0 Å². The highest BCUT2D eigenvalue weighted by Gasteiger charge is 2.42. The van der Waals surface area contributed by atoms with Crippen LogP contribution in [0.15, 0.2) is 169 Å². The normalized spacial score (nSPS) is 11.6. The number of hydrogen-bond acceptors (Lipinski definition) is 6. The zero-order valence-corrected chi connectivity index (χ0v) is 30.6. The average molecular weight is 720 g/mol. The van der Waals surface area contributed by atoms with E-state index in [1.54, 1.807) is 11.3 Å². The third-order valence-electron chi connectivity index (χ3n) is 10.1. The van der Waals surface area contributed by atoms with E-state index in [2.05, 4.69) is 162 Å². The van der Waals surface area contributed by atoms with Crippen LogP contribution in [-0.2, 0) is 18.5 Å². The topological polar surface area (TPSA) is 74.3 Å². The van der Waals surface area contributed by atoms with Crippen LogP contribution in [-0.4, -0.2) is 34.7 Å². The van der Waals surface area contributed by atoms with Crippen LogP contribution in [0.3, 0.4) is 0 Å². The van der Waals surface area contributed by atoms with E-state index in [0.717, 1.165) is 73.7 Å². The van der Waals surface area contributed by atoms with Crippen molar-refractivity contribution < 1.29 is 0 Å². The van der Waals surface area contributed by atoms with Crippen molar-refractivity contribution in [3.05, 3.63) is 197 Å². The van der Waals surface area contributed by atoms with E-state index in [0.29, 0.717) is 12.4 Å². The van der Waals surface area contributed by atoms with E-state index in [4.69, 9.17) is 20.3 Å². The van der Waals surface area contributed by atoms with E-state index in [9.17, 15) is 0 Å². The van der Waals surface area contributed by atoms with Gasteiger partial charge in [-0.1, -0.05) is 153 Å². The number of imidazole rings is 1. The maximum absolute atomic E-state index is 5.00. The molecule has 4 aromatic heterocycles. The Balaban J connectivity index is 1.13. The van der Waals surface area contributed by atoms with E-state index >= 15 is 0 Å². The highest BCUT2D eigenvalue weighted by molar-refractivity contribution is 7.13. The Labute approximate surface area is 318 Å². The Hall–Kier alpha value is -6.51. The summed E-state index contributed by atoms with van der Waals surface area (Å²) in [5, 5.41) is 16.0. The number of aryl methyl sites for hydroxylation is 1. The predicted molar refractivity (Wildman–Crippen MR) is 217 cm³/mol. The van der Waals surface area contributed by atoms with Gasteiger partial charge in [0.15, 0.2) is 5.82 Å². The highest BCUT2D eigenvalue weighted by atomic mass is 32.1. The van der Waals surface area contributed by atoms with Crippen LogP contribution in [0, 0.1) is 0 Å². The molecule has 0 unspecified atom stereocenters. The van der Waals surface area contributed by atoms with Gasteiger partial charge in [0.2, 0.25) is 0 Å². The Morgan fingerprint density at radius 3 is 1.91 bits per heavy atom. The first-order valence-electron chi connectivity index (χ1n) is 18.3. The van der Waals surface area contributed by atoms with E-state index in [1.807, 2.05) is 29.1 Å². The number of rotatable bonds is 11. The smallest absolute Gasteiger partial charge is 0.184 e. The molecular formula is C46H37N7S. The number of nitrogens with zero attached hydrogens (tertiary/aromatic N) is 7. The molecule has 0 aliphatic heterocycles. The first-order valence-corrected chi connectivity index (χ1v) is 19.1. The number of fused-ring (bicyclic) bond motifs is 1. The average Bonchev–Trinajstić information content (AvgIpc) is 4.02. The van der Waals surface area contributed by atoms with Crippen LogP contribution in [0.25, 0.3) is 44.1 Å². The highest BCUT2D eigenvalue weighted by Crippen LogP contribution is 2.43. The second kappa shape index (κ2) is 14.5. The Morgan fingerprint density at radius 1 is 0.667 bits per heavy atom. The van der Waals surface area contributed by atoms with Gasteiger partial charge >= 0.3 is 0 Å². The summed E-state index contributed by atoms with van der Waals surface area (Å²) in [6.45, 7) is 2.92. The molecule has 0 radical (unpaired) electrons. The molecule has 0 bridgehead atoms. The Bertz CT molecular complexity index is 2530. The lowest BCUT2D eigenvalue weighted by molar-refractivity contribution is 0.451. The largest absolute Gasteiger partial charge is 0.323 e. The molecule has 0 saturated carbocycles. The first kappa shape index (κ1) is 33.3. The Kier molecular flexibility index (Phi) is 8.94. The summed E-state index contributed by atoms with van der Waals surface area (Å²) in [7, 11) is 0. The lowest BCUT2D eigenvalue weighted by Gasteiger charge is -2.36. The molecule has 0 aliphatic rings. The molecule has 0 atom stereocenters. The van der Waals surface area contributed by atoms with Gasteiger partial charge in [-0.2, -0.15) is 0 Å². The van der Waals surface area contributed by atoms with Crippen molar-refractivity contribution in [3.8, 4) is 33.1 Å². The molecule has 262 valence electrons. The number of hydrogen-bond donors (Lipinski definition) is 0. The fraction of sp³-hybridized carbons (Fsp3) is 0.109. The van der Waals surface area contributed by atoms with Gasteiger partial charge in [0.25, 0.3) is 0 Å². The van der Waals surface area contributed by atoms with Crippen molar-refractivity contribution in [1.29, 1.82) is 0 Å². The van der Waals surface area contributed by atoms with Crippen molar-refractivity contribution in [2.45, 2.75) is 31.8 Å². The number of pyridine rings is 1. The zero-order valence-electron chi connectivity index (χ0n) is 29.8.